The molecule has 1 aromatic rings. The number of primary amides is 1. The van der Waals surface area contributed by atoms with E-state index in [9.17, 15) is 14.4 Å². The predicted octanol–water partition coefficient (Wildman–Crippen LogP) is 1.46. The summed E-state index contributed by atoms with van der Waals surface area (Å²) < 4.78 is 5.05. The van der Waals surface area contributed by atoms with Gasteiger partial charge in [0.05, 0.1) is 0 Å². The molecule has 1 atom stereocenters. The molecule has 3 N–H and O–H groups in total. The first-order valence-electron chi connectivity index (χ1n) is 6.44. The summed E-state index contributed by atoms with van der Waals surface area (Å²) in [6.07, 6.45) is 1.72. The van der Waals surface area contributed by atoms with Crippen LogP contribution in [-0.4, -0.2) is 24.0 Å². The third kappa shape index (κ3) is 5.90. The van der Waals surface area contributed by atoms with Crippen LogP contribution in [0, 0.1) is 5.92 Å². The first kappa shape index (κ1) is 16.4. The molecule has 0 aromatic heterocycles. The molecule has 0 aliphatic heterocycles. The number of carbonyl (C=O) groups excluding carboxylic acids is 3. The molecule has 112 valence electrons. The fourth-order valence-electron chi connectivity index (χ4n) is 1.58. The molecule has 0 aliphatic carbocycles. The van der Waals surface area contributed by atoms with E-state index < -0.39 is 24.0 Å². The largest absolute Gasteiger partial charge is 0.449 e. The number of nitrogens with one attached hydrogen (secondary N) is 1. The van der Waals surface area contributed by atoms with Crippen molar-refractivity contribution >= 4 is 24.0 Å². The number of ether oxygens (including phenoxy) is 1. The van der Waals surface area contributed by atoms with Gasteiger partial charge in [-0.2, -0.15) is 0 Å². The van der Waals surface area contributed by atoms with Gasteiger partial charge in [-0.3, -0.25) is 10.1 Å². The van der Waals surface area contributed by atoms with Crippen molar-refractivity contribution in [3.05, 3.63) is 42.0 Å². The zero-order chi connectivity index (χ0) is 15.8. The van der Waals surface area contributed by atoms with E-state index in [0.717, 1.165) is 5.56 Å². The van der Waals surface area contributed by atoms with E-state index in [0.29, 0.717) is 0 Å². The SMILES string of the molecule is CC(C)[C@H](OC(=O)/C=C/c1ccccc1)C(=O)NC(N)=O. The standard InChI is InChI=1S/C15H18N2O4/c1-10(2)13(14(19)17-15(16)20)21-12(18)9-8-11-6-4-3-5-7-11/h3-10,13H,1-2H3,(H3,16,17,19,20)/b9-8+/t13-/m0/s1. The molecule has 0 saturated heterocycles. The summed E-state index contributed by atoms with van der Waals surface area (Å²) in [7, 11) is 0. The predicted molar refractivity (Wildman–Crippen MR) is 77.9 cm³/mol. The second kappa shape index (κ2) is 7.84. The highest BCUT2D eigenvalue weighted by Crippen LogP contribution is 2.08. The zero-order valence-corrected chi connectivity index (χ0v) is 11.9. The average Bonchev–Trinajstić information content (AvgIpc) is 2.42. The normalized spacial score (nSPS) is 12.1. The van der Waals surface area contributed by atoms with Crippen LogP contribution < -0.4 is 11.1 Å². The monoisotopic (exact) mass is 290 g/mol. The Morgan fingerprint density at radius 2 is 1.81 bits per heavy atom. The van der Waals surface area contributed by atoms with Gasteiger partial charge in [-0.05, 0) is 17.6 Å². The van der Waals surface area contributed by atoms with Crippen LogP contribution in [-0.2, 0) is 14.3 Å². The number of esters is 1. The molecule has 6 heteroatoms. The van der Waals surface area contributed by atoms with Gasteiger partial charge in [0.1, 0.15) is 0 Å². The Bertz CT molecular complexity index is 538. The van der Waals surface area contributed by atoms with Crippen LogP contribution in [0.5, 0.6) is 0 Å². The lowest BCUT2D eigenvalue weighted by atomic mass is 10.1. The molecule has 6 nitrogen and oxygen atoms in total. The summed E-state index contributed by atoms with van der Waals surface area (Å²) in [5.41, 5.74) is 5.70. The van der Waals surface area contributed by atoms with E-state index in [1.165, 1.54) is 6.08 Å². The van der Waals surface area contributed by atoms with Gasteiger partial charge < -0.3 is 10.5 Å². The van der Waals surface area contributed by atoms with Crippen molar-refractivity contribution in [1.82, 2.24) is 5.32 Å². The van der Waals surface area contributed by atoms with Gasteiger partial charge >= 0.3 is 12.0 Å². The summed E-state index contributed by atoms with van der Waals surface area (Å²) in [4.78, 5) is 34.1. The number of imide groups is 1. The Morgan fingerprint density at radius 3 is 2.33 bits per heavy atom. The molecule has 0 spiro atoms. The molecule has 21 heavy (non-hydrogen) atoms. The van der Waals surface area contributed by atoms with Crippen LogP contribution in [0.2, 0.25) is 0 Å². The topological polar surface area (TPSA) is 98.5 Å². The fourth-order valence-corrected chi connectivity index (χ4v) is 1.58. The molecule has 1 rings (SSSR count). The summed E-state index contributed by atoms with van der Waals surface area (Å²) in [5.74, 6) is -1.70. The number of benzene rings is 1. The van der Waals surface area contributed by atoms with Gasteiger partial charge in [0.2, 0.25) is 0 Å². The Morgan fingerprint density at radius 1 is 1.19 bits per heavy atom. The lowest BCUT2D eigenvalue weighted by Crippen LogP contribution is -2.45. The Kier molecular flexibility index (Phi) is 6.13. The maximum atomic E-state index is 11.7. The van der Waals surface area contributed by atoms with Crippen LogP contribution in [0.1, 0.15) is 19.4 Å². The molecular formula is C15H18N2O4. The average molecular weight is 290 g/mol. The van der Waals surface area contributed by atoms with E-state index >= 15 is 0 Å². The fraction of sp³-hybridized carbons (Fsp3) is 0.267. The second-order valence-electron chi connectivity index (χ2n) is 4.70. The summed E-state index contributed by atoms with van der Waals surface area (Å²) >= 11 is 0. The van der Waals surface area contributed by atoms with Gasteiger partial charge in [0.25, 0.3) is 5.91 Å². The number of nitrogens with two attached hydrogens (primary N) is 1. The molecule has 0 saturated carbocycles. The van der Waals surface area contributed by atoms with Crippen LogP contribution >= 0.6 is 0 Å². The van der Waals surface area contributed by atoms with Crippen molar-refractivity contribution in [3.63, 3.8) is 0 Å². The second-order valence-corrected chi connectivity index (χ2v) is 4.70. The Labute approximate surface area is 123 Å². The molecule has 0 aliphatic rings. The number of hydrogen-bond acceptors (Lipinski definition) is 4. The van der Waals surface area contributed by atoms with Crippen LogP contribution in [0.4, 0.5) is 4.79 Å². The summed E-state index contributed by atoms with van der Waals surface area (Å²) in [6, 6.07) is 8.19. The molecular weight excluding hydrogens is 272 g/mol. The van der Waals surface area contributed by atoms with Gasteiger partial charge in [0, 0.05) is 6.08 Å². The minimum Gasteiger partial charge on any atom is -0.449 e. The van der Waals surface area contributed by atoms with Crippen LogP contribution in [0.3, 0.4) is 0 Å². The lowest BCUT2D eigenvalue weighted by molar-refractivity contribution is -0.153. The van der Waals surface area contributed by atoms with Crippen LogP contribution in [0.15, 0.2) is 36.4 Å². The molecule has 0 fully saturated rings. The van der Waals surface area contributed by atoms with E-state index in [2.05, 4.69) is 0 Å². The first-order valence-corrected chi connectivity index (χ1v) is 6.44. The molecule has 0 bridgehead atoms. The Balaban J connectivity index is 2.67. The number of hydrogen-bond donors (Lipinski definition) is 2. The van der Waals surface area contributed by atoms with E-state index in [1.54, 1.807) is 19.9 Å². The number of amides is 3. The van der Waals surface area contributed by atoms with Crippen molar-refractivity contribution in [1.29, 1.82) is 0 Å². The maximum absolute atomic E-state index is 11.7. The Hall–Kier alpha value is -2.63. The molecule has 1 aromatic carbocycles. The number of urea groups is 1. The minimum atomic E-state index is -1.08. The molecule has 3 amide bonds. The first-order chi connectivity index (χ1) is 9.90. The minimum absolute atomic E-state index is 0.293. The third-order valence-electron chi connectivity index (χ3n) is 2.56. The molecule has 0 radical (unpaired) electrons. The quantitative estimate of drug-likeness (QED) is 0.633. The van der Waals surface area contributed by atoms with E-state index in [-0.39, 0.29) is 5.92 Å². The summed E-state index contributed by atoms with van der Waals surface area (Å²) in [5, 5.41) is 1.90. The van der Waals surface area contributed by atoms with Crippen molar-refractivity contribution in [3.8, 4) is 0 Å². The van der Waals surface area contributed by atoms with Gasteiger partial charge in [-0.1, -0.05) is 44.2 Å². The smallest absolute Gasteiger partial charge is 0.331 e. The maximum Gasteiger partial charge on any atom is 0.331 e. The zero-order valence-electron chi connectivity index (χ0n) is 11.9. The highest BCUT2D eigenvalue weighted by Gasteiger charge is 2.26. The van der Waals surface area contributed by atoms with Crippen molar-refractivity contribution in [2.24, 2.45) is 11.7 Å². The van der Waals surface area contributed by atoms with E-state index in [1.807, 2.05) is 35.6 Å². The van der Waals surface area contributed by atoms with Crippen molar-refractivity contribution in [2.75, 3.05) is 0 Å². The van der Waals surface area contributed by atoms with Gasteiger partial charge in [-0.15, -0.1) is 0 Å². The van der Waals surface area contributed by atoms with Gasteiger partial charge in [0.15, 0.2) is 6.10 Å². The highest BCUT2D eigenvalue weighted by molar-refractivity contribution is 5.97. The summed E-state index contributed by atoms with van der Waals surface area (Å²) in [6.45, 7) is 3.39. The number of carbonyl (C=O) groups is 3. The molecule has 0 unspecified atom stereocenters. The lowest BCUT2D eigenvalue weighted by Gasteiger charge is -2.18. The third-order valence-corrected chi connectivity index (χ3v) is 2.56. The van der Waals surface area contributed by atoms with E-state index in [4.69, 9.17) is 10.5 Å². The highest BCUT2D eigenvalue weighted by atomic mass is 16.5. The molecule has 0 heterocycles. The number of rotatable bonds is 5. The van der Waals surface area contributed by atoms with Crippen molar-refractivity contribution < 1.29 is 19.1 Å². The van der Waals surface area contributed by atoms with Crippen molar-refractivity contribution in [2.45, 2.75) is 20.0 Å². The van der Waals surface area contributed by atoms with Crippen LogP contribution in [0.25, 0.3) is 6.08 Å². The van der Waals surface area contributed by atoms with Gasteiger partial charge in [-0.25, -0.2) is 9.59 Å².